The summed E-state index contributed by atoms with van der Waals surface area (Å²) in [5.74, 6) is -0.788. The Kier molecular flexibility index (Phi) is 5.80. The van der Waals surface area contributed by atoms with E-state index in [-0.39, 0.29) is 24.0 Å². The number of carbonyl (C=O) groups excluding carboxylic acids is 1. The molecule has 1 unspecified atom stereocenters. The van der Waals surface area contributed by atoms with Gasteiger partial charge in [-0.25, -0.2) is 4.79 Å². The molecule has 1 aliphatic heterocycles. The van der Waals surface area contributed by atoms with Crippen molar-refractivity contribution in [3.8, 4) is 0 Å². The van der Waals surface area contributed by atoms with Gasteiger partial charge in [0.25, 0.3) is 0 Å². The topological polar surface area (TPSA) is 72.9 Å². The van der Waals surface area contributed by atoms with Crippen LogP contribution in [-0.2, 0) is 4.79 Å². The average Bonchev–Trinajstić information content (AvgIpc) is 2.31. The predicted octanol–water partition coefficient (Wildman–Crippen LogP) is 1.37. The van der Waals surface area contributed by atoms with Gasteiger partial charge in [-0.3, -0.25) is 9.69 Å². The van der Waals surface area contributed by atoms with Gasteiger partial charge in [0.15, 0.2) is 0 Å². The van der Waals surface area contributed by atoms with Crippen molar-refractivity contribution in [2.45, 2.75) is 51.6 Å². The molecule has 6 heteroatoms. The maximum Gasteiger partial charge on any atom is 0.317 e. The molecule has 1 rings (SSSR count). The van der Waals surface area contributed by atoms with Gasteiger partial charge in [-0.15, -0.1) is 0 Å². The summed E-state index contributed by atoms with van der Waals surface area (Å²) in [4.78, 5) is 26.7. The lowest BCUT2D eigenvalue weighted by atomic mass is 10.00. The van der Waals surface area contributed by atoms with E-state index in [1.165, 1.54) is 0 Å². The van der Waals surface area contributed by atoms with Gasteiger partial charge in [-0.1, -0.05) is 0 Å². The number of carboxylic acids is 1. The normalized spacial score (nSPS) is 20.5. The van der Waals surface area contributed by atoms with Gasteiger partial charge in [0.2, 0.25) is 0 Å². The molecule has 20 heavy (non-hydrogen) atoms. The maximum atomic E-state index is 12.2. The number of carbonyl (C=O) groups is 2. The SMILES string of the molecule is CC(CCCC(=O)O)NC(=O)N1CCN(C)C(C)(C)C1. The molecular weight excluding hydrogens is 258 g/mol. The van der Waals surface area contributed by atoms with Crippen molar-refractivity contribution in [1.82, 2.24) is 15.1 Å². The van der Waals surface area contributed by atoms with E-state index in [4.69, 9.17) is 5.11 Å². The van der Waals surface area contributed by atoms with Crippen LogP contribution in [0.5, 0.6) is 0 Å². The first kappa shape index (κ1) is 16.8. The van der Waals surface area contributed by atoms with Crippen LogP contribution < -0.4 is 5.32 Å². The van der Waals surface area contributed by atoms with Crippen molar-refractivity contribution >= 4 is 12.0 Å². The Labute approximate surface area is 121 Å². The predicted molar refractivity (Wildman–Crippen MR) is 77.8 cm³/mol. The average molecular weight is 285 g/mol. The summed E-state index contributed by atoms with van der Waals surface area (Å²) in [6.45, 7) is 8.48. The lowest BCUT2D eigenvalue weighted by Gasteiger charge is -2.45. The Hall–Kier alpha value is -1.30. The van der Waals surface area contributed by atoms with Crippen molar-refractivity contribution in [1.29, 1.82) is 0 Å². The monoisotopic (exact) mass is 285 g/mol. The molecule has 0 bridgehead atoms. The summed E-state index contributed by atoms with van der Waals surface area (Å²) in [6, 6.07) is -0.0429. The summed E-state index contributed by atoms with van der Waals surface area (Å²) in [7, 11) is 2.07. The van der Waals surface area contributed by atoms with Gasteiger partial charge in [0.05, 0.1) is 0 Å². The molecule has 2 amide bonds. The number of likely N-dealkylation sites (N-methyl/N-ethyl adjacent to an activating group) is 1. The van der Waals surface area contributed by atoms with E-state index in [1.54, 1.807) is 0 Å². The standard InChI is InChI=1S/C14H27N3O3/c1-11(6-5-7-12(18)19)15-13(20)17-9-8-16(4)14(2,3)10-17/h11H,5-10H2,1-4H3,(H,15,20)(H,18,19). The van der Waals surface area contributed by atoms with Crippen LogP contribution >= 0.6 is 0 Å². The molecular formula is C14H27N3O3. The number of hydrogen-bond donors (Lipinski definition) is 2. The molecule has 116 valence electrons. The zero-order valence-electron chi connectivity index (χ0n) is 13.0. The van der Waals surface area contributed by atoms with E-state index >= 15 is 0 Å². The molecule has 0 saturated carbocycles. The number of nitrogens with zero attached hydrogens (tertiary/aromatic N) is 2. The first-order valence-corrected chi connectivity index (χ1v) is 7.21. The van der Waals surface area contributed by atoms with Gasteiger partial charge in [-0.05, 0) is 40.7 Å². The molecule has 1 heterocycles. The van der Waals surface area contributed by atoms with E-state index in [9.17, 15) is 9.59 Å². The second kappa shape index (κ2) is 6.92. The number of nitrogens with one attached hydrogen (secondary N) is 1. The summed E-state index contributed by atoms with van der Waals surface area (Å²) in [5.41, 5.74) is -0.0118. The van der Waals surface area contributed by atoms with Crippen molar-refractivity contribution in [2.75, 3.05) is 26.7 Å². The van der Waals surface area contributed by atoms with E-state index < -0.39 is 5.97 Å². The number of piperazine rings is 1. The highest BCUT2D eigenvalue weighted by Crippen LogP contribution is 2.18. The fourth-order valence-corrected chi connectivity index (χ4v) is 2.35. The molecule has 6 nitrogen and oxygen atoms in total. The zero-order chi connectivity index (χ0) is 15.3. The smallest absolute Gasteiger partial charge is 0.317 e. The second-order valence-corrected chi connectivity index (χ2v) is 6.29. The number of urea groups is 1. The molecule has 1 aliphatic rings. The van der Waals surface area contributed by atoms with Crippen LogP contribution in [0.15, 0.2) is 0 Å². The van der Waals surface area contributed by atoms with E-state index in [0.29, 0.717) is 19.4 Å². The van der Waals surface area contributed by atoms with E-state index in [0.717, 1.165) is 13.1 Å². The Morgan fingerprint density at radius 1 is 1.35 bits per heavy atom. The molecule has 0 radical (unpaired) electrons. The third kappa shape index (κ3) is 5.00. The largest absolute Gasteiger partial charge is 0.481 e. The molecule has 0 aromatic carbocycles. The minimum absolute atomic E-state index is 0.00428. The molecule has 1 fully saturated rings. The van der Waals surface area contributed by atoms with Crippen LogP contribution in [0.2, 0.25) is 0 Å². The van der Waals surface area contributed by atoms with E-state index in [2.05, 4.69) is 31.1 Å². The van der Waals surface area contributed by atoms with Crippen LogP contribution in [-0.4, -0.2) is 65.2 Å². The minimum Gasteiger partial charge on any atom is -0.481 e. The number of hydrogen-bond acceptors (Lipinski definition) is 3. The Bertz CT molecular complexity index is 358. The summed E-state index contributed by atoms with van der Waals surface area (Å²) >= 11 is 0. The second-order valence-electron chi connectivity index (χ2n) is 6.29. The highest BCUT2D eigenvalue weighted by atomic mass is 16.4. The first-order valence-electron chi connectivity index (χ1n) is 7.21. The Morgan fingerprint density at radius 2 is 2.00 bits per heavy atom. The van der Waals surface area contributed by atoms with Crippen LogP contribution in [0, 0.1) is 0 Å². The molecule has 0 spiro atoms. The van der Waals surface area contributed by atoms with Gasteiger partial charge < -0.3 is 15.3 Å². The molecule has 2 N–H and O–H groups in total. The maximum absolute atomic E-state index is 12.2. The number of aliphatic carboxylic acids is 1. The fraction of sp³-hybridized carbons (Fsp3) is 0.857. The van der Waals surface area contributed by atoms with Crippen LogP contribution in [0.25, 0.3) is 0 Å². The third-order valence-corrected chi connectivity index (χ3v) is 4.00. The van der Waals surface area contributed by atoms with E-state index in [1.807, 2.05) is 11.8 Å². The Morgan fingerprint density at radius 3 is 2.55 bits per heavy atom. The summed E-state index contributed by atoms with van der Waals surface area (Å²) in [5, 5.41) is 11.5. The number of amides is 2. The quantitative estimate of drug-likeness (QED) is 0.800. The van der Waals surface area contributed by atoms with Gasteiger partial charge in [0, 0.05) is 37.6 Å². The molecule has 0 aliphatic carbocycles. The van der Waals surface area contributed by atoms with Crippen LogP contribution in [0.4, 0.5) is 4.79 Å². The highest BCUT2D eigenvalue weighted by Gasteiger charge is 2.33. The summed E-state index contributed by atoms with van der Waals surface area (Å²) < 4.78 is 0. The van der Waals surface area contributed by atoms with Gasteiger partial charge >= 0.3 is 12.0 Å². The lowest BCUT2D eigenvalue weighted by molar-refractivity contribution is -0.137. The van der Waals surface area contributed by atoms with Crippen LogP contribution in [0.1, 0.15) is 40.0 Å². The highest BCUT2D eigenvalue weighted by molar-refractivity contribution is 5.74. The Balaban J connectivity index is 2.37. The van der Waals surface area contributed by atoms with Crippen molar-refractivity contribution in [2.24, 2.45) is 0 Å². The molecule has 1 atom stereocenters. The molecule has 0 aromatic heterocycles. The fourth-order valence-electron chi connectivity index (χ4n) is 2.35. The van der Waals surface area contributed by atoms with Gasteiger partial charge in [0.1, 0.15) is 0 Å². The van der Waals surface area contributed by atoms with Crippen molar-refractivity contribution in [3.05, 3.63) is 0 Å². The summed E-state index contributed by atoms with van der Waals surface area (Å²) in [6.07, 6.45) is 1.43. The number of rotatable bonds is 5. The number of carboxylic acid groups (broad SMARTS) is 1. The molecule has 0 aromatic rings. The van der Waals surface area contributed by atoms with Gasteiger partial charge in [-0.2, -0.15) is 0 Å². The van der Waals surface area contributed by atoms with Crippen molar-refractivity contribution < 1.29 is 14.7 Å². The lowest BCUT2D eigenvalue weighted by Crippen LogP contribution is -2.61. The zero-order valence-corrected chi connectivity index (χ0v) is 13.0. The van der Waals surface area contributed by atoms with Crippen molar-refractivity contribution in [3.63, 3.8) is 0 Å². The third-order valence-electron chi connectivity index (χ3n) is 4.00. The van der Waals surface area contributed by atoms with Crippen LogP contribution in [0.3, 0.4) is 0 Å². The first-order chi connectivity index (χ1) is 9.22. The molecule has 1 saturated heterocycles. The minimum atomic E-state index is -0.788.